The van der Waals surface area contributed by atoms with Gasteiger partial charge in [0.15, 0.2) is 15.7 Å². The smallest absolute Gasteiger partial charge is 0.245 e. The number of hydrogen-bond acceptors (Lipinski definition) is 7. The number of nitrogens with zero attached hydrogens (tertiary/aromatic N) is 2. The zero-order valence-electron chi connectivity index (χ0n) is 11.6. The molecule has 1 aliphatic heterocycles. The van der Waals surface area contributed by atoms with Crippen LogP contribution in [0.15, 0.2) is 4.52 Å². The maximum Gasteiger partial charge on any atom is 0.245 e. The molecule has 8 heteroatoms. The minimum atomic E-state index is -3.18. The van der Waals surface area contributed by atoms with E-state index in [9.17, 15) is 8.42 Å². The molecular formula is C12H21N3O4S. The lowest BCUT2D eigenvalue weighted by Crippen LogP contribution is -2.22. The van der Waals surface area contributed by atoms with Crippen LogP contribution in [0.3, 0.4) is 0 Å². The third-order valence-electron chi connectivity index (χ3n) is 3.29. The zero-order chi connectivity index (χ0) is 14.6. The predicted molar refractivity (Wildman–Crippen MR) is 72.7 cm³/mol. The molecule has 0 aromatic carbocycles. The lowest BCUT2D eigenvalue weighted by molar-refractivity contribution is 0.119. The Morgan fingerprint density at radius 3 is 3.00 bits per heavy atom. The first-order chi connectivity index (χ1) is 9.54. The Bertz CT molecular complexity index is 529. The number of rotatable bonds is 6. The Balaban J connectivity index is 2.04. The first-order valence-corrected chi connectivity index (χ1v) is 8.64. The molecule has 0 amide bonds. The van der Waals surface area contributed by atoms with Crippen molar-refractivity contribution in [1.82, 2.24) is 10.1 Å². The van der Waals surface area contributed by atoms with Crippen molar-refractivity contribution in [2.45, 2.75) is 43.9 Å². The number of hydrogen-bond donors (Lipinski definition) is 1. The molecule has 0 aliphatic carbocycles. The van der Waals surface area contributed by atoms with E-state index in [2.05, 4.69) is 10.1 Å². The summed E-state index contributed by atoms with van der Waals surface area (Å²) in [6.45, 7) is 2.92. The standard InChI is InChI=1S/C12H21N3O4S/c1-2-6-18-8-9(13)11-14-12(19-15-11)10-5-3-4-7-20(10,16)17/h9-10H,2-8,13H2,1H3. The van der Waals surface area contributed by atoms with Gasteiger partial charge in [0.25, 0.3) is 0 Å². The van der Waals surface area contributed by atoms with E-state index in [-0.39, 0.29) is 11.6 Å². The molecule has 0 bridgehead atoms. The summed E-state index contributed by atoms with van der Waals surface area (Å²) in [5.74, 6) is 0.642. The van der Waals surface area contributed by atoms with Gasteiger partial charge in [0.05, 0.1) is 18.4 Å². The monoisotopic (exact) mass is 303 g/mol. The van der Waals surface area contributed by atoms with Crippen molar-refractivity contribution in [2.24, 2.45) is 5.73 Å². The van der Waals surface area contributed by atoms with Gasteiger partial charge in [-0.05, 0) is 19.3 Å². The fourth-order valence-electron chi connectivity index (χ4n) is 2.19. The molecular weight excluding hydrogens is 282 g/mol. The van der Waals surface area contributed by atoms with Crippen molar-refractivity contribution < 1.29 is 17.7 Å². The summed E-state index contributed by atoms with van der Waals surface area (Å²) in [5, 5.41) is 3.10. The summed E-state index contributed by atoms with van der Waals surface area (Å²) in [6.07, 6.45) is 2.99. The van der Waals surface area contributed by atoms with Crippen LogP contribution in [0.1, 0.15) is 55.6 Å². The molecule has 0 saturated carbocycles. The third-order valence-corrected chi connectivity index (χ3v) is 5.45. The molecule has 114 valence electrons. The molecule has 0 spiro atoms. The van der Waals surface area contributed by atoms with E-state index in [1.807, 2.05) is 6.92 Å². The maximum absolute atomic E-state index is 12.0. The van der Waals surface area contributed by atoms with E-state index in [1.165, 1.54) is 0 Å². The van der Waals surface area contributed by atoms with Crippen molar-refractivity contribution in [2.75, 3.05) is 19.0 Å². The molecule has 1 fully saturated rings. The van der Waals surface area contributed by atoms with Gasteiger partial charge in [-0.15, -0.1) is 0 Å². The highest BCUT2D eigenvalue weighted by Crippen LogP contribution is 2.32. The molecule has 2 atom stereocenters. The van der Waals surface area contributed by atoms with Crippen molar-refractivity contribution in [3.63, 3.8) is 0 Å². The fraction of sp³-hybridized carbons (Fsp3) is 0.833. The van der Waals surface area contributed by atoms with Crippen LogP contribution >= 0.6 is 0 Å². The van der Waals surface area contributed by atoms with Gasteiger partial charge in [-0.2, -0.15) is 4.98 Å². The molecule has 1 saturated heterocycles. The van der Waals surface area contributed by atoms with Gasteiger partial charge in [0, 0.05) is 6.61 Å². The predicted octanol–water partition coefficient (Wildman–Crippen LogP) is 1.14. The van der Waals surface area contributed by atoms with Crippen LogP contribution in [-0.4, -0.2) is 37.5 Å². The fourth-order valence-corrected chi connectivity index (χ4v) is 4.01. The zero-order valence-corrected chi connectivity index (χ0v) is 12.4. The van der Waals surface area contributed by atoms with Crippen LogP contribution in [0.4, 0.5) is 0 Å². The normalized spacial score (nSPS) is 23.6. The number of aromatic nitrogens is 2. The maximum atomic E-state index is 12.0. The van der Waals surface area contributed by atoms with Crippen LogP contribution in [0.2, 0.25) is 0 Å². The van der Waals surface area contributed by atoms with Gasteiger partial charge in [-0.1, -0.05) is 18.5 Å². The summed E-state index contributed by atoms with van der Waals surface area (Å²) in [4.78, 5) is 4.15. The van der Waals surface area contributed by atoms with Crippen molar-refractivity contribution >= 4 is 9.84 Å². The Hall–Kier alpha value is -0.990. The van der Waals surface area contributed by atoms with Gasteiger partial charge in [-0.3, -0.25) is 0 Å². The van der Waals surface area contributed by atoms with Gasteiger partial charge >= 0.3 is 0 Å². The topological polar surface area (TPSA) is 108 Å². The minimum absolute atomic E-state index is 0.158. The van der Waals surface area contributed by atoms with E-state index in [0.717, 1.165) is 12.8 Å². The number of ether oxygens (including phenoxy) is 1. The van der Waals surface area contributed by atoms with E-state index < -0.39 is 21.1 Å². The largest absolute Gasteiger partial charge is 0.379 e. The second-order valence-electron chi connectivity index (χ2n) is 5.02. The quantitative estimate of drug-likeness (QED) is 0.785. The average molecular weight is 303 g/mol. The van der Waals surface area contributed by atoms with E-state index >= 15 is 0 Å². The Morgan fingerprint density at radius 2 is 2.30 bits per heavy atom. The highest BCUT2D eigenvalue weighted by Gasteiger charge is 2.35. The molecule has 2 N–H and O–H groups in total. The van der Waals surface area contributed by atoms with E-state index in [1.54, 1.807) is 0 Å². The molecule has 2 rings (SSSR count). The average Bonchev–Trinajstić information content (AvgIpc) is 2.87. The van der Waals surface area contributed by atoms with Crippen LogP contribution in [0.25, 0.3) is 0 Å². The number of sulfone groups is 1. The molecule has 2 heterocycles. The van der Waals surface area contributed by atoms with Crippen molar-refractivity contribution in [1.29, 1.82) is 0 Å². The van der Waals surface area contributed by atoms with E-state index in [0.29, 0.717) is 31.9 Å². The Labute approximate surface area is 118 Å². The summed E-state index contributed by atoms with van der Waals surface area (Å²) in [7, 11) is -3.18. The summed E-state index contributed by atoms with van der Waals surface area (Å²) in [6, 6.07) is -0.495. The van der Waals surface area contributed by atoms with Gasteiger partial charge in [0.1, 0.15) is 5.25 Å². The third kappa shape index (κ3) is 3.56. The van der Waals surface area contributed by atoms with Crippen molar-refractivity contribution in [3.05, 3.63) is 11.7 Å². The highest BCUT2D eigenvalue weighted by molar-refractivity contribution is 7.91. The minimum Gasteiger partial charge on any atom is -0.379 e. The summed E-state index contributed by atoms with van der Waals surface area (Å²) < 4.78 is 34.4. The first kappa shape index (κ1) is 15.4. The van der Waals surface area contributed by atoms with Gasteiger partial charge in [0.2, 0.25) is 5.89 Å². The SMILES string of the molecule is CCCOCC(N)c1noc(C2CCCCS2(=O)=O)n1. The lowest BCUT2D eigenvalue weighted by Gasteiger charge is -2.18. The van der Waals surface area contributed by atoms with Crippen LogP contribution in [0.5, 0.6) is 0 Å². The van der Waals surface area contributed by atoms with Gasteiger partial charge < -0.3 is 15.0 Å². The second-order valence-corrected chi connectivity index (χ2v) is 7.33. The summed E-state index contributed by atoms with van der Waals surface area (Å²) in [5.41, 5.74) is 5.89. The highest BCUT2D eigenvalue weighted by atomic mass is 32.2. The Kier molecular flexibility index (Phi) is 5.11. The second kappa shape index (κ2) is 6.64. The molecule has 20 heavy (non-hydrogen) atoms. The molecule has 0 radical (unpaired) electrons. The van der Waals surface area contributed by atoms with Crippen molar-refractivity contribution in [3.8, 4) is 0 Å². The molecule has 1 aromatic rings. The van der Waals surface area contributed by atoms with Crippen LogP contribution in [0, 0.1) is 0 Å². The number of nitrogens with two attached hydrogens (primary N) is 1. The first-order valence-electron chi connectivity index (χ1n) is 6.93. The van der Waals surface area contributed by atoms with Crippen LogP contribution < -0.4 is 5.73 Å². The lowest BCUT2D eigenvalue weighted by atomic mass is 10.2. The van der Waals surface area contributed by atoms with Gasteiger partial charge in [-0.25, -0.2) is 8.42 Å². The molecule has 2 unspecified atom stereocenters. The van der Waals surface area contributed by atoms with Crippen LogP contribution in [-0.2, 0) is 14.6 Å². The van der Waals surface area contributed by atoms with E-state index in [4.69, 9.17) is 15.0 Å². The molecule has 7 nitrogen and oxygen atoms in total. The summed E-state index contributed by atoms with van der Waals surface area (Å²) >= 11 is 0. The molecule has 1 aliphatic rings. The molecule has 1 aromatic heterocycles. The Morgan fingerprint density at radius 1 is 1.50 bits per heavy atom.